The number of nitro benzene ring substituents is 1. The third-order valence-corrected chi connectivity index (χ3v) is 2.96. The SMILES string of the molecule is O=C(O)c1ccc([N+](=O)[O-])c2cc3cccnc3nc12. The molecule has 7 nitrogen and oxygen atoms in total. The number of aromatic carboxylic acids is 1. The number of carboxylic acids is 1. The largest absolute Gasteiger partial charge is 0.478 e. The van der Waals surface area contributed by atoms with Crippen LogP contribution in [-0.4, -0.2) is 26.0 Å². The number of nitrogens with zero attached hydrogens (tertiary/aromatic N) is 3. The van der Waals surface area contributed by atoms with Gasteiger partial charge in [-0.1, -0.05) is 0 Å². The minimum absolute atomic E-state index is 0.0675. The molecule has 3 rings (SSSR count). The van der Waals surface area contributed by atoms with Gasteiger partial charge in [0, 0.05) is 17.6 Å². The van der Waals surface area contributed by atoms with Gasteiger partial charge in [-0.15, -0.1) is 0 Å². The van der Waals surface area contributed by atoms with E-state index in [-0.39, 0.29) is 22.2 Å². The highest BCUT2D eigenvalue weighted by Gasteiger charge is 2.19. The fourth-order valence-electron chi connectivity index (χ4n) is 2.07. The van der Waals surface area contributed by atoms with Crippen LogP contribution in [0.3, 0.4) is 0 Å². The number of hydrogen-bond acceptors (Lipinski definition) is 5. The van der Waals surface area contributed by atoms with Gasteiger partial charge in [0.25, 0.3) is 5.69 Å². The van der Waals surface area contributed by atoms with E-state index in [1.165, 1.54) is 24.4 Å². The van der Waals surface area contributed by atoms with E-state index in [0.717, 1.165) is 0 Å². The van der Waals surface area contributed by atoms with Crippen molar-refractivity contribution in [2.24, 2.45) is 0 Å². The molecule has 0 aliphatic heterocycles. The Balaban J connectivity index is 2.52. The number of rotatable bonds is 2. The maximum Gasteiger partial charge on any atom is 0.337 e. The third-order valence-electron chi connectivity index (χ3n) is 2.96. The molecule has 0 unspecified atom stereocenters. The van der Waals surface area contributed by atoms with Gasteiger partial charge < -0.3 is 5.11 Å². The number of carbonyl (C=O) groups is 1. The van der Waals surface area contributed by atoms with Crippen molar-refractivity contribution in [1.29, 1.82) is 0 Å². The molecule has 0 aliphatic carbocycles. The molecule has 0 radical (unpaired) electrons. The Bertz CT molecular complexity index is 804. The van der Waals surface area contributed by atoms with Gasteiger partial charge in [-0.2, -0.15) is 0 Å². The molecular formula is C13H7N3O4. The number of benzene rings is 1. The monoisotopic (exact) mass is 269 g/mol. The fraction of sp³-hybridized carbons (Fsp3) is 0. The summed E-state index contributed by atoms with van der Waals surface area (Å²) >= 11 is 0. The molecule has 1 N–H and O–H groups in total. The molecule has 98 valence electrons. The standard InChI is InChI=1S/C13H7N3O4/c17-13(18)8-3-4-10(16(19)20)9-6-7-2-1-5-14-12(7)15-11(8)9/h1-6H,(H,17,18). The van der Waals surface area contributed by atoms with Gasteiger partial charge in [0.1, 0.15) is 0 Å². The van der Waals surface area contributed by atoms with Gasteiger partial charge in [0.15, 0.2) is 5.65 Å². The van der Waals surface area contributed by atoms with Gasteiger partial charge in [-0.25, -0.2) is 14.8 Å². The summed E-state index contributed by atoms with van der Waals surface area (Å²) in [7, 11) is 0. The summed E-state index contributed by atoms with van der Waals surface area (Å²) in [5.41, 5.74) is 0.155. The van der Waals surface area contributed by atoms with Crippen LogP contribution in [0.2, 0.25) is 0 Å². The van der Waals surface area contributed by atoms with Crippen LogP contribution < -0.4 is 0 Å². The zero-order valence-corrected chi connectivity index (χ0v) is 9.98. The minimum atomic E-state index is -1.19. The highest BCUT2D eigenvalue weighted by Crippen LogP contribution is 2.29. The quantitative estimate of drug-likeness (QED) is 0.435. The third kappa shape index (κ3) is 1.72. The molecule has 0 fully saturated rings. The molecule has 1 aromatic carbocycles. The van der Waals surface area contributed by atoms with Crippen molar-refractivity contribution in [3.8, 4) is 0 Å². The molecule has 0 saturated heterocycles. The Labute approximate surface area is 111 Å². The summed E-state index contributed by atoms with van der Waals surface area (Å²) in [6, 6.07) is 7.30. The first-order valence-corrected chi connectivity index (χ1v) is 5.64. The number of fused-ring (bicyclic) bond motifs is 2. The van der Waals surface area contributed by atoms with Crippen molar-refractivity contribution in [2.75, 3.05) is 0 Å². The average Bonchev–Trinajstić information content (AvgIpc) is 2.43. The van der Waals surface area contributed by atoms with Gasteiger partial charge >= 0.3 is 5.97 Å². The number of aromatic nitrogens is 2. The summed E-state index contributed by atoms with van der Waals surface area (Å²) in [4.78, 5) is 29.9. The molecule has 2 aromatic heterocycles. The minimum Gasteiger partial charge on any atom is -0.478 e. The Morgan fingerprint density at radius 1 is 1.30 bits per heavy atom. The molecule has 0 spiro atoms. The lowest BCUT2D eigenvalue weighted by atomic mass is 10.1. The molecule has 2 heterocycles. The molecule has 3 aromatic rings. The Morgan fingerprint density at radius 3 is 2.80 bits per heavy atom. The van der Waals surface area contributed by atoms with E-state index in [9.17, 15) is 14.9 Å². The topological polar surface area (TPSA) is 106 Å². The van der Waals surface area contributed by atoms with Gasteiger partial charge in [0.05, 0.1) is 21.4 Å². The zero-order chi connectivity index (χ0) is 14.3. The Kier molecular flexibility index (Phi) is 2.53. The van der Waals surface area contributed by atoms with E-state index in [2.05, 4.69) is 9.97 Å². The van der Waals surface area contributed by atoms with Crippen LogP contribution in [0, 0.1) is 10.1 Å². The summed E-state index contributed by atoms with van der Waals surface area (Å²) in [6.45, 7) is 0. The van der Waals surface area contributed by atoms with Crippen LogP contribution in [-0.2, 0) is 0 Å². The van der Waals surface area contributed by atoms with Crippen molar-refractivity contribution >= 4 is 33.6 Å². The lowest BCUT2D eigenvalue weighted by Crippen LogP contribution is -2.01. The molecule has 0 aliphatic rings. The number of carboxylic acid groups (broad SMARTS) is 1. The second-order valence-electron chi connectivity index (χ2n) is 4.13. The van der Waals surface area contributed by atoms with Crippen LogP contribution in [0.25, 0.3) is 21.9 Å². The first kappa shape index (κ1) is 12.0. The van der Waals surface area contributed by atoms with Crippen LogP contribution in [0.15, 0.2) is 36.5 Å². The molecule has 20 heavy (non-hydrogen) atoms. The van der Waals surface area contributed by atoms with E-state index in [4.69, 9.17) is 5.11 Å². The summed E-state index contributed by atoms with van der Waals surface area (Å²) in [5, 5.41) is 21.0. The molecule has 7 heteroatoms. The van der Waals surface area contributed by atoms with Crippen molar-refractivity contribution in [3.05, 3.63) is 52.2 Å². The number of hydrogen-bond donors (Lipinski definition) is 1. The van der Waals surface area contributed by atoms with Crippen LogP contribution in [0.4, 0.5) is 5.69 Å². The molecule has 0 amide bonds. The maximum absolute atomic E-state index is 11.2. The second kappa shape index (κ2) is 4.23. The first-order chi connectivity index (χ1) is 9.58. The normalized spacial score (nSPS) is 10.8. The Morgan fingerprint density at radius 2 is 2.10 bits per heavy atom. The highest BCUT2D eigenvalue weighted by atomic mass is 16.6. The first-order valence-electron chi connectivity index (χ1n) is 5.64. The molecule has 0 bridgehead atoms. The van der Waals surface area contributed by atoms with E-state index in [0.29, 0.717) is 11.0 Å². The number of pyridine rings is 2. The lowest BCUT2D eigenvalue weighted by Gasteiger charge is -2.04. The highest BCUT2D eigenvalue weighted by molar-refractivity contribution is 6.07. The predicted molar refractivity (Wildman–Crippen MR) is 70.7 cm³/mol. The van der Waals surface area contributed by atoms with Crippen molar-refractivity contribution in [3.63, 3.8) is 0 Å². The van der Waals surface area contributed by atoms with E-state index in [1.54, 1.807) is 12.1 Å². The number of nitro groups is 1. The molecular weight excluding hydrogens is 262 g/mol. The summed E-state index contributed by atoms with van der Waals surface area (Å²) in [6.07, 6.45) is 1.53. The van der Waals surface area contributed by atoms with Gasteiger partial charge in [-0.3, -0.25) is 10.1 Å². The fourth-order valence-corrected chi connectivity index (χ4v) is 2.07. The second-order valence-corrected chi connectivity index (χ2v) is 4.13. The van der Waals surface area contributed by atoms with Crippen LogP contribution >= 0.6 is 0 Å². The van der Waals surface area contributed by atoms with E-state index >= 15 is 0 Å². The average molecular weight is 269 g/mol. The van der Waals surface area contributed by atoms with E-state index in [1.807, 2.05) is 0 Å². The lowest BCUT2D eigenvalue weighted by molar-refractivity contribution is -0.383. The van der Waals surface area contributed by atoms with Crippen LogP contribution in [0.1, 0.15) is 10.4 Å². The maximum atomic E-state index is 11.2. The summed E-state index contributed by atoms with van der Waals surface area (Å²) < 4.78 is 0. The zero-order valence-electron chi connectivity index (χ0n) is 9.98. The van der Waals surface area contributed by atoms with Crippen molar-refractivity contribution in [2.45, 2.75) is 0 Å². The van der Waals surface area contributed by atoms with E-state index < -0.39 is 10.9 Å². The Hall–Kier alpha value is -3.09. The number of non-ortho nitro benzene ring substituents is 1. The summed E-state index contributed by atoms with van der Waals surface area (Å²) in [5.74, 6) is -1.19. The van der Waals surface area contributed by atoms with Gasteiger partial charge in [-0.05, 0) is 24.3 Å². The van der Waals surface area contributed by atoms with Crippen molar-refractivity contribution < 1.29 is 14.8 Å². The molecule has 0 atom stereocenters. The predicted octanol–water partition coefficient (Wildman–Crippen LogP) is 2.39. The smallest absolute Gasteiger partial charge is 0.337 e. The van der Waals surface area contributed by atoms with Crippen molar-refractivity contribution in [1.82, 2.24) is 9.97 Å². The van der Waals surface area contributed by atoms with Gasteiger partial charge in [0.2, 0.25) is 0 Å². The van der Waals surface area contributed by atoms with Crippen LogP contribution in [0.5, 0.6) is 0 Å². The molecule has 0 saturated carbocycles.